The van der Waals surface area contributed by atoms with Gasteiger partial charge in [-0.1, -0.05) is 18.2 Å². The SMILES string of the molecule is CN=C(NCCCCn1ccnc1C)N(C)Cc1cc2ccccc2o1. The topological polar surface area (TPSA) is 58.6 Å². The predicted octanol–water partition coefficient (Wildman–Crippen LogP) is 3.43. The number of furan rings is 1. The van der Waals surface area contributed by atoms with E-state index in [-0.39, 0.29) is 0 Å². The van der Waals surface area contributed by atoms with Crippen molar-refractivity contribution in [2.24, 2.45) is 4.99 Å². The van der Waals surface area contributed by atoms with E-state index in [9.17, 15) is 0 Å². The number of aryl methyl sites for hydroxylation is 2. The van der Waals surface area contributed by atoms with Crippen LogP contribution in [-0.2, 0) is 13.1 Å². The number of hydrogen-bond acceptors (Lipinski definition) is 3. The molecule has 0 fully saturated rings. The van der Waals surface area contributed by atoms with Gasteiger partial charge in [0.25, 0.3) is 0 Å². The van der Waals surface area contributed by atoms with Gasteiger partial charge in [-0.3, -0.25) is 4.99 Å². The smallest absolute Gasteiger partial charge is 0.193 e. The number of nitrogens with one attached hydrogen (secondary N) is 1. The Morgan fingerprint density at radius 2 is 2.15 bits per heavy atom. The summed E-state index contributed by atoms with van der Waals surface area (Å²) < 4.78 is 8.08. The predicted molar refractivity (Wildman–Crippen MR) is 105 cm³/mol. The molecule has 0 aliphatic rings. The number of rotatable bonds is 7. The van der Waals surface area contributed by atoms with Crippen LogP contribution in [0.5, 0.6) is 0 Å². The van der Waals surface area contributed by atoms with Crippen molar-refractivity contribution in [2.75, 3.05) is 20.6 Å². The molecule has 6 heteroatoms. The maximum Gasteiger partial charge on any atom is 0.193 e. The van der Waals surface area contributed by atoms with Crippen molar-refractivity contribution >= 4 is 16.9 Å². The molecule has 0 bridgehead atoms. The first-order chi connectivity index (χ1) is 12.7. The summed E-state index contributed by atoms with van der Waals surface area (Å²) in [4.78, 5) is 10.7. The van der Waals surface area contributed by atoms with E-state index in [1.54, 1.807) is 0 Å². The number of guanidine groups is 1. The summed E-state index contributed by atoms with van der Waals surface area (Å²) in [5, 5.41) is 4.56. The van der Waals surface area contributed by atoms with Gasteiger partial charge in [0.1, 0.15) is 17.2 Å². The largest absolute Gasteiger partial charge is 0.459 e. The number of fused-ring (bicyclic) bond motifs is 1. The van der Waals surface area contributed by atoms with Crippen molar-refractivity contribution in [1.29, 1.82) is 0 Å². The van der Waals surface area contributed by atoms with Crippen LogP contribution in [0.15, 0.2) is 52.1 Å². The standard InChI is InChI=1S/C20H27N5O/c1-16-22-11-13-25(16)12-7-6-10-23-20(21-2)24(3)15-18-14-17-8-4-5-9-19(17)26-18/h4-5,8-9,11,13-14H,6-7,10,12,15H2,1-3H3,(H,21,23). The van der Waals surface area contributed by atoms with Crippen molar-refractivity contribution < 1.29 is 4.42 Å². The van der Waals surface area contributed by atoms with E-state index in [1.807, 2.05) is 51.6 Å². The molecule has 0 saturated carbocycles. The van der Waals surface area contributed by atoms with E-state index in [1.165, 1.54) is 0 Å². The Kier molecular flexibility index (Phi) is 5.94. The molecule has 0 atom stereocenters. The van der Waals surface area contributed by atoms with E-state index in [2.05, 4.69) is 36.9 Å². The summed E-state index contributed by atoms with van der Waals surface area (Å²) in [7, 11) is 3.84. The van der Waals surface area contributed by atoms with Crippen LogP contribution in [0.2, 0.25) is 0 Å². The van der Waals surface area contributed by atoms with E-state index in [0.29, 0.717) is 6.54 Å². The molecule has 2 aromatic heterocycles. The number of aliphatic imine (C=N–C) groups is 1. The molecule has 0 amide bonds. The highest BCUT2D eigenvalue weighted by Crippen LogP contribution is 2.19. The summed E-state index contributed by atoms with van der Waals surface area (Å²) in [6.07, 6.45) is 6.06. The summed E-state index contributed by atoms with van der Waals surface area (Å²) in [5.74, 6) is 2.89. The van der Waals surface area contributed by atoms with Gasteiger partial charge in [-0.15, -0.1) is 0 Å². The first-order valence-electron chi connectivity index (χ1n) is 9.04. The molecule has 26 heavy (non-hydrogen) atoms. The van der Waals surface area contributed by atoms with E-state index < -0.39 is 0 Å². The number of unbranched alkanes of at least 4 members (excludes halogenated alkanes) is 1. The van der Waals surface area contributed by atoms with Gasteiger partial charge in [-0.2, -0.15) is 0 Å². The van der Waals surface area contributed by atoms with Gasteiger partial charge in [0.2, 0.25) is 0 Å². The summed E-state index contributed by atoms with van der Waals surface area (Å²) in [6.45, 7) is 4.61. The highest BCUT2D eigenvalue weighted by molar-refractivity contribution is 5.80. The molecule has 0 unspecified atom stereocenters. The minimum absolute atomic E-state index is 0.683. The number of nitrogens with zero attached hydrogens (tertiary/aromatic N) is 4. The fourth-order valence-electron chi connectivity index (χ4n) is 3.06. The number of para-hydroxylation sites is 1. The van der Waals surface area contributed by atoms with Crippen LogP contribution in [0, 0.1) is 6.92 Å². The molecule has 6 nitrogen and oxygen atoms in total. The molecule has 0 aliphatic heterocycles. The zero-order chi connectivity index (χ0) is 18.4. The molecule has 0 saturated heterocycles. The molecule has 0 aliphatic carbocycles. The van der Waals surface area contributed by atoms with Gasteiger partial charge in [-0.25, -0.2) is 4.98 Å². The Morgan fingerprint density at radius 3 is 2.88 bits per heavy atom. The summed E-state index contributed by atoms with van der Waals surface area (Å²) in [5.41, 5.74) is 0.925. The number of benzene rings is 1. The van der Waals surface area contributed by atoms with Crippen molar-refractivity contribution in [2.45, 2.75) is 32.9 Å². The lowest BCUT2D eigenvalue weighted by Crippen LogP contribution is -2.38. The maximum absolute atomic E-state index is 5.90. The molecule has 2 heterocycles. The third kappa shape index (κ3) is 4.45. The van der Waals surface area contributed by atoms with Gasteiger partial charge < -0.3 is 19.2 Å². The quantitative estimate of drug-likeness (QED) is 0.402. The zero-order valence-corrected chi connectivity index (χ0v) is 15.8. The Morgan fingerprint density at radius 1 is 1.31 bits per heavy atom. The highest BCUT2D eigenvalue weighted by atomic mass is 16.3. The highest BCUT2D eigenvalue weighted by Gasteiger charge is 2.10. The van der Waals surface area contributed by atoms with Crippen LogP contribution in [0.1, 0.15) is 24.4 Å². The van der Waals surface area contributed by atoms with E-state index in [4.69, 9.17) is 4.42 Å². The Labute approximate surface area is 154 Å². The maximum atomic E-state index is 5.90. The molecule has 1 N–H and O–H groups in total. The van der Waals surface area contributed by atoms with Crippen molar-refractivity contribution in [3.8, 4) is 0 Å². The minimum atomic E-state index is 0.683. The fraction of sp³-hybridized carbons (Fsp3) is 0.400. The van der Waals surface area contributed by atoms with Gasteiger partial charge in [0, 0.05) is 45.0 Å². The Bertz CT molecular complexity index is 831. The van der Waals surface area contributed by atoms with Crippen LogP contribution in [-0.4, -0.2) is 41.1 Å². The molecule has 3 aromatic rings. The number of hydrogen-bond donors (Lipinski definition) is 1. The second-order valence-corrected chi connectivity index (χ2v) is 6.46. The third-order valence-electron chi connectivity index (χ3n) is 4.48. The second-order valence-electron chi connectivity index (χ2n) is 6.46. The average molecular weight is 353 g/mol. The van der Waals surface area contributed by atoms with Crippen LogP contribution < -0.4 is 5.32 Å². The molecular weight excluding hydrogens is 326 g/mol. The van der Waals surface area contributed by atoms with Crippen molar-refractivity contribution in [1.82, 2.24) is 19.8 Å². The normalized spacial score (nSPS) is 11.9. The molecule has 0 radical (unpaired) electrons. The van der Waals surface area contributed by atoms with Gasteiger partial charge in [0.05, 0.1) is 6.54 Å². The first kappa shape index (κ1) is 18.0. The zero-order valence-electron chi connectivity index (χ0n) is 15.8. The lowest BCUT2D eigenvalue weighted by molar-refractivity contribution is 0.411. The van der Waals surface area contributed by atoms with Crippen molar-refractivity contribution in [3.63, 3.8) is 0 Å². The van der Waals surface area contributed by atoms with Crippen LogP contribution in [0.3, 0.4) is 0 Å². The lowest BCUT2D eigenvalue weighted by atomic mass is 10.2. The van der Waals surface area contributed by atoms with E-state index >= 15 is 0 Å². The van der Waals surface area contributed by atoms with Crippen molar-refractivity contribution in [3.05, 3.63) is 54.3 Å². The van der Waals surface area contributed by atoms with Crippen LogP contribution in [0.4, 0.5) is 0 Å². The van der Waals surface area contributed by atoms with Crippen LogP contribution in [0.25, 0.3) is 11.0 Å². The average Bonchev–Trinajstić information content (AvgIpc) is 3.23. The summed E-state index contributed by atoms with van der Waals surface area (Å²) in [6, 6.07) is 10.2. The molecular formula is C20H27N5O. The lowest BCUT2D eigenvalue weighted by Gasteiger charge is -2.21. The van der Waals surface area contributed by atoms with Gasteiger partial charge in [0.15, 0.2) is 5.96 Å². The fourth-order valence-corrected chi connectivity index (χ4v) is 3.06. The monoisotopic (exact) mass is 353 g/mol. The van der Waals surface area contributed by atoms with Gasteiger partial charge in [-0.05, 0) is 31.9 Å². The first-order valence-corrected chi connectivity index (χ1v) is 9.04. The molecule has 0 spiro atoms. The molecule has 3 rings (SSSR count). The van der Waals surface area contributed by atoms with Gasteiger partial charge >= 0.3 is 0 Å². The summed E-state index contributed by atoms with van der Waals surface area (Å²) >= 11 is 0. The minimum Gasteiger partial charge on any atom is -0.459 e. The van der Waals surface area contributed by atoms with Crippen LogP contribution >= 0.6 is 0 Å². The Balaban J connectivity index is 1.45. The number of imidazole rings is 1. The third-order valence-corrected chi connectivity index (χ3v) is 4.48. The Hall–Kier alpha value is -2.76. The van der Waals surface area contributed by atoms with E-state index in [0.717, 1.165) is 54.4 Å². The second kappa shape index (κ2) is 8.56. The molecule has 138 valence electrons. The number of aromatic nitrogens is 2. The molecule has 1 aromatic carbocycles.